The summed E-state index contributed by atoms with van der Waals surface area (Å²) in [6.07, 6.45) is 5.22. The average Bonchev–Trinajstić information content (AvgIpc) is 3.26. The summed E-state index contributed by atoms with van der Waals surface area (Å²) in [4.78, 5) is 32.7. The monoisotopic (exact) mass is 406 g/mol. The quantitative estimate of drug-likeness (QED) is 0.718. The van der Waals surface area contributed by atoms with Crippen molar-refractivity contribution in [2.45, 2.75) is 38.6 Å². The summed E-state index contributed by atoms with van der Waals surface area (Å²) in [5, 5.41) is 0.692. The van der Waals surface area contributed by atoms with E-state index in [1.165, 1.54) is 15.8 Å². The molecule has 1 aliphatic rings. The highest BCUT2D eigenvalue weighted by Crippen LogP contribution is 2.26. The number of piperidine rings is 1. The fourth-order valence-electron chi connectivity index (χ4n) is 4.38. The minimum absolute atomic E-state index is 0.0325. The summed E-state index contributed by atoms with van der Waals surface area (Å²) in [5.74, 6) is 0.503. The molecule has 0 atom stereocenters. The predicted octanol–water partition coefficient (Wildman–Crippen LogP) is 3.73. The number of rotatable bonds is 4. The number of carbonyl (C=O) groups is 1. The Morgan fingerprint density at radius 1 is 1.13 bits per heavy atom. The van der Waals surface area contributed by atoms with Gasteiger partial charge in [0.2, 0.25) is 0 Å². The molecule has 1 fully saturated rings. The van der Waals surface area contributed by atoms with Crippen LogP contribution in [0.3, 0.4) is 0 Å². The van der Waals surface area contributed by atoms with Gasteiger partial charge in [0.15, 0.2) is 0 Å². The van der Waals surface area contributed by atoms with Crippen LogP contribution in [0.5, 0.6) is 0 Å². The van der Waals surface area contributed by atoms with E-state index in [2.05, 4.69) is 48.0 Å². The van der Waals surface area contributed by atoms with Crippen molar-refractivity contribution in [2.75, 3.05) is 25.0 Å². The molecule has 0 saturated carbocycles. The standard InChI is InChI=1S/C24H30N4O2/c1-16(2)17-5-7-19(8-6-17)28-13-10-18(11-14-28)27(4)23(29)21-15-26(3)24(30)22-20(21)9-12-25-22/h5-9,12,15-16,18,25H,10-11,13-14H2,1-4H3. The minimum Gasteiger partial charge on any atom is -0.371 e. The Morgan fingerprint density at radius 3 is 2.43 bits per heavy atom. The molecule has 158 valence electrons. The zero-order chi connectivity index (χ0) is 21.4. The summed E-state index contributed by atoms with van der Waals surface area (Å²) in [6.45, 7) is 6.27. The Bertz CT molecular complexity index is 1100. The third kappa shape index (κ3) is 3.62. The maximum Gasteiger partial charge on any atom is 0.274 e. The van der Waals surface area contributed by atoms with E-state index in [1.54, 1.807) is 25.5 Å². The molecule has 2 aromatic heterocycles. The zero-order valence-electron chi connectivity index (χ0n) is 18.2. The van der Waals surface area contributed by atoms with Crippen molar-refractivity contribution in [3.05, 3.63) is 64.2 Å². The molecule has 0 bridgehead atoms. The van der Waals surface area contributed by atoms with Gasteiger partial charge in [-0.1, -0.05) is 26.0 Å². The first kappa shape index (κ1) is 20.3. The highest BCUT2D eigenvalue weighted by molar-refractivity contribution is 6.05. The van der Waals surface area contributed by atoms with Gasteiger partial charge in [-0.2, -0.15) is 0 Å². The van der Waals surface area contributed by atoms with Crippen molar-refractivity contribution in [1.82, 2.24) is 14.5 Å². The van der Waals surface area contributed by atoms with Crippen LogP contribution in [-0.2, 0) is 7.05 Å². The molecule has 3 heterocycles. The number of aromatic nitrogens is 2. The Hall–Kier alpha value is -3.02. The molecule has 4 rings (SSSR count). The molecule has 1 N–H and O–H groups in total. The van der Waals surface area contributed by atoms with Crippen molar-refractivity contribution >= 4 is 22.5 Å². The fourth-order valence-corrected chi connectivity index (χ4v) is 4.38. The van der Waals surface area contributed by atoms with Gasteiger partial charge in [-0.25, -0.2) is 0 Å². The number of fused-ring (bicyclic) bond motifs is 1. The number of hydrogen-bond acceptors (Lipinski definition) is 3. The van der Waals surface area contributed by atoms with Gasteiger partial charge in [-0.15, -0.1) is 0 Å². The summed E-state index contributed by atoms with van der Waals surface area (Å²) in [6, 6.07) is 10.8. The molecule has 0 unspecified atom stereocenters. The number of pyridine rings is 1. The second-order valence-corrected chi connectivity index (χ2v) is 8.61. The number of amides is 1. The zero-order valence-corrected chi connectivity index (χ0v) is 18.2. The SMILES string of the molecule is CC(C)c1ccc(N2CCC(N(C)C(=O)c3cn(C)c(=O)c4[nH]ccc34)CC2)cc1. The van der Waals surface area contributed by atoms with Crippen LogP contribution in [0, 0.1) is 0 Å². The lowest BCUT2D eigenvalue weighted by molar-refractivity contribution is 0.0710. The minimum atomic E-state index is -0.119. The van der Waals surface area contributed by atoms with E-state index >= 15 is 0 Å². The van der Waals surface area contributed by atoms with Crippen molar-refractivity contribution < 1.29 is 4.79 Å². The van der Waals surface area contributed by atoms with Crippen LogP contribution in [0.1, 0.15) is 48.5 Å². The molecule has 6 nitrogen and oxygen atoms in total. The molecular formula is C24H30N4O2. The number of aromatic amines is 1. The molecule has 3 aromatic rings. The predicted molar refractivity (Wildman–Crippen MR) is 121 cm³/mol. The third-order valence-electron chi connectivity index (χ3n) is 6.38. The number of aryl methyl sites for hydroxylation is 1. The third-order valence-corrected chi connectivity index (χ3v) is 6.38. The van der Waals surface area contributed by atoms with E-state index in [1.807, 2.05) is 11.9 Å². The average molecular weight is 407 g/mol. The van der Waals surface area contributed by atoms with Crippen LogP contribution < -0.4 is 10.5 Å². The van der Waals surface area contributed by atoms with Crippen LogP contribution in [-0.4, -0.2) is 46.5 Å². The summed E-state index contributed by atoms with van der Waals surface area (Å²) >= 11 is 0. The van der Waals surface area contributed by atoms with E-state index in [-0.39, 0.29) is 17.5 Å². The first-order chi connectivity index (χ1) is 14.4. The first-order valence-electron chi connectivity index (χ1n) is 10.7. The molecule has 1 saturated heterocycles. The number of H-pyrrole nitrogens is 1. The number of nitrogens with one attached hydrogen (secondary N) is 1. The van der Waals surface area contributed by atoms with Crippen LogP contribution >= 0.6 is 0 Å². The van der Waals surface area contributed by atoms with E-state index in [9.17, 15) is 9.59 Å². The van der Waals surface area contributed by atoms with Gasteiger partial charge in [-0.3, -0.25) is 9.59 Å². The maximum atomic E-state index is 13.3. The summed E-state index contributed by atoms with van der Waals surface area (Å²) < 4.78 is 1.48. The number of nitrogens with zero attached hydrogens (tertiary/aromatic N) is 3. The lowest BCUT2D eigenvalue weighted by Gasteiger charge is -2.38. The highest BCUT2D eigenvalue weighted by atomic mass is 16.2. The van der Waals surface area contributed by atoms with Gasteiger partial charge in [0.25, 0.3) is 11.5 Å². The number of benzene rings is 1. The molecule has 6 heteroatoms. The summed E-state index contributed by atoms with van der Waals surface area (Å²) in [7, 11) is 3.56. The summed E-state index contributed by atoms with van der Waals surface area (Å²) in [5.41, 5.74) is 3.54. The Balaban J connectivity index is 1.46. The van der Waals surface area contributed by atoms with E-state index in [0.717, 1.165) is 25.9 Å². The largest absolute Gasteiger partial charge is 0.371 e. The van der Waals surface area contributed by atoms with Gasteiger partial charge < -0.3 is 19.4 Å². The molecular weight excluding hydrogens is 376 g/mol. The normalized spacial score (nSPS) is 15.2. The maximum absolute atomic E-state index is 13.3. The van der Waals surface area contributed by atoms with Crippen molar-refractivity contribution in [3.8, 4) is 0 Å². The second kappa shape index (κ2) is 8.01. The van der Waals surface area contributed by atoms with Gasteiger partial charge in [0.1, 0.15) is 5.52 Å². The Labute approximate surface area is 177 Å². The highest BCUT2D eigenvalue weighted by Gasteiger charge is 2.27. The van der Waals surface area contributed by atoms with Gasteiger partial charge in [-0.05, 0) is 42.5 Å². The van der Waals surface area contributed by atoms with E-state index in [0.29, 0.717) is 22.4 Å². The van der Waals surface area contributed by atoms with Gasteiger partial charge in [0, 0.05) is 56.7 Å². The number of hydrogen-bond donors (Lipinski definition) is 1. The lowest BCUT2D eigenvalue weighted by atomic mass is 10.00. The molecule has 0 aliphatic carbocycles. The van der Waals surface area contributed by atoms with Crippen molar-refractivity contribution in [1.29, 1.82) is 0 Å². The molecule has 1 amide bonds. The topological polar surface area (TPSA) is 61.3 Å². The molecule has 0 spiro atoms. The van der Waals surface area contributed by atoms with Crippen LogP contribution in [0.15, 0.2) is 47.5 Å². The van der Waals surface area contributed by atoms with E-state index < -0.39 is 0 Å². The van der Waals surface area contributed by atoms with Crippen LogP contribution in [0.4, 0.5) is 5.69 Å². The van der Waals surface area contributed by atoms with Crippen LogP contribution in [0.2, 0.25) is 0 Å². The number of carbonyl (C=O) groups excluding carboxylic acids is 1. The first-order valence-corrected chi connectivity index (χ1v) is 10.7. The van der Waals surface area contributed by atoms with Crippen LogP contribution in [0.25, 0.3) is 10.9 Å². The van der Waals surface area contributed by atoms with E-state index in [4.69, 9.17) is 0 Å². The molecule has 0 radical (unpaired) electrons. The van der Waals surface area contributed by atoms with Crippen molar-refractivity contribution in [2.24, 2.45) is 7.05 Å². The fraction of sp³-hybridized carbons (Fsp3) is 0.417. The number of anilines is 1. The molecule has 30 heavy (non-hydrogen) atoms. The lowest BCUT2D eigenvalue weighted by Crippen LogP contribution is -2.45. The Morgan fingerprint density at radius 2 is 1.80 bits per heavy atom. The smallest absolute Gasteiger partial charge is 0.274 e. The van der Waals surface area contributed by atoms with Crippen molar-refractivity contribution in [3.63, 3.8) is 0 Å². The second-order valence-electron chi connectivity index (χ2n) is 8.61. The molecule has 1 aliphatic heterocycles. The van der Waals surface area contributed by atoms with Gasteiger partial charge in [0.05, 0.1) is 5.56 Å². The van der Waals surface area contributed by atoms with Gasteiger partial charge >= 0.3 is 0 Å². The molecule has 1 aromatic carbocycles. The Kier molecular flexibility index (Phi) is 5.41.